The smallest absolute Gasteiger partial charge is 0.224 e. The van der Waals surface area contributed by atoms with Crippen LogP contribution in [-0.4, -0.2) is 44.1 Å². The van der Waals surface area contributed by atoms with Crippen LogP contribution in [0.2, 0.25) is 0 Å². The molecule has 0 spiro atoms. The molecular weight excluding hydrogens is 266 g/mol. The number of amides is 1. The van der Waals surface area contributed by atoms with E-state index >= 15 is 0 Å². The third-order valence-electron chi connectivity index (χ3n) is 4.44. The normalized spacial score (nSPS) is 34.1. The molecule has 1 aliphatic carbocycles. The highest BCUT2D eigenvalue weighted by atomic mass is 32.2. The van der Waals surface area contributed by atoms with Gasteiger partial charge in [-0.1, -0.05) is 12.8 Å². The van der Waals surface area contributed by atoms with Crippen molar-refractivity contribution >= 4 is 15.7 Å². The first-order chi connectivity index (χ1) is 9.02. The fraction of sp³-hybridized carbons (Fsp3) is 0.923. The van der Waals surface area contributed by atoms with Crippen molar-refractivity contribution in [2.75, 3.05) is 24.7 Å². The average Bonchev–Trinajstić information content (AvgIpc) is 2.76. The third-order valence-corrected chi connectivity index (χ3v) is 6.21. The first-order valence-corrected chi connectivity index (χ1v) is 8.93. The quantitative estimate of drug-likeness (QED) is 0.781. The van der Waals surface area contributed by atoms with Gasteiger partial charge in [-0.3, -0.25) is 4.79 Å². The minimum atomic E-state index is -3.00. The van der Waals surface area contributed by atoms with Gasteiger partial charge in [0.1, 0.15) is 0 Å². The van der Waals surface area contributed by atoms with E-state index in [2.05, 4.69) is 5.32 Å². The van der Waals surface area contributed by atoms with Gasteiger partial charge >= 0.3 is 0 Å². The van der Waals surface area contributed by atoms with Crippen molar-refractivity contribution < 1.29 is 18.3 Å². The van der Waals surface area contributed by atoms with Crippen molar-refractivity contribution in [2.45, 2.75) is 32.1 Å². The Labute approximate surface area is 114 Å². The Morgan fingerprint density at radius 3 is 2.42 bits per heavy atom. The van der Waals surface area contributed by atoms with Crippen LogP contribution in [0.3, 0.4) is 0 Å². The Morgan fingerprint density at radius 1 is 1.16 bits per heavy atom. The summed E-state index contributed by atoms with van der Waals surface area (Å²) in [5, 5.41) is 12.2. The van der Waals surface area contributed by atoms with Crippen LogP contribution in [0.15, 0.2) is 0 Å². The molecule has 1 amide bonds. The first kappa shape index (κ1) is 14.8. The minimum absolute atomic E-state index is 0.00702. The van der Waals surface area contributed by atoms with Crippen molar-refractivity contribution in [1.29, 1.82) is 0 Å². The lowest BCUT2D eigenvalue weighted by molar-refractivity contribution is -0.124. The topological polar surface area (TPSA) is 83.5 Å². The second kappa shape index (κ2) is 6.22. The van der Waals surface area contributed by atoms with Crippen molar-refractivity contribution in [3.8, 4) is 0 Å². The molecule has 2 fully saturated rings. The first-order valence-electron chi connectivity index (χ1n) is 7.11. The molecule has 2 aliphatic rings. The van der Waals surface area contributed by atoms with E-state index in [-0.39, 0.29) is 35.9 Å². The lowest BCUT2D eigenvalue weighted by Crippen LogP contribution is -2.38. The van der Waals surface area contributed by atoms with Crippen LogP contribution in [0.25, 0.3) is 0 Å². The van der Waals surface area contributed by atoms with E-state index in [9.17, 15) is 18.3 Å². The Kier molecular flexibility index (Phi) is 4.84. The second-order valence-corrected chi connectivity index (χ2v) is 8.06. The summed E-state index contributed by atoms with van der Waals surface area (Å²) in [7, 11) is -3.00. The number of rotatable bonds is 4. The highest BCUT2D eigenvalue weighted by Gasteiger charge is 2.33. The third kappa shape index (κ3) is 3.92. The summed E-state index contributed by atoms with van der Waals surface area (Å²) in [5.41, 5.74) is 0. The molecule has 1 saturated carbocycles. The van der Waals surface area contributed by atoms with Crippen LogP contribution in [0.5, 0.6) is 0 Å². The van der Waals surface area contributed by atoms with Crippen molar-refractivity contribution in [1.82, 2.24) is 5.32 Å². The summed E-state index contributed by atoms with van der Waals surface area (Å²) in [6.07, 6.45) is 4.80. The molecule has 6 heteroatoms. The van der Waals surface area contributed by atoms with E-state index in [0.717, 1.165) is 25.7 Å². The van der Waals surface area contributed by atoms with Gasteiger partial charge in [0.2, 0.25) is 5.91 Å². The van der Waals surface area contributed by atoms with Crippen LogP contribution in [0, 0.1) is 17.8 Å². The molecule has 3 atom stereocenters. The Bertz CT molecular complexity index is 420. The van der Waals surface area contributed by atoms with Gasteiger partial charge in [0, 0.05) is 13.2 Å². The summed E-state index contributed by atoms with van der Waals surface area (Å²) in [4.78, 5) is 11.9. The molecule has 19 heavy (non-hydrogen) atoms. The number of hydrogen-bond acceptors (Lipinski definition) is 4. The van der Waals surface area contributed by atoms with Crippen LogP contribution < -0.4 is 5.32 Å². The average molecular weight is 289 g/mol. The molecule has 1 saturated heterocycles. The van der Waals surface area contributed by atoms with E-state index in [1.165, 1.54) is 0 Å². The zero-order valence-corrected chi connectivity index (χ0v) is 12.0. The molecule has 110 valence electrons. The molecule has 1 aliphatic heterocycles. The fourth-order valence-electron chi connectivity index (χ4n) is 3.17. The van der Waals surface area contributed by atoms with E-state index < -0.39 is 9.84 Å². The minimum Gasteiger partial charge on any atom is -0.396 e. The van der Waals surface area contributed by atoms with Gasteiger partial charge in [-0.05, 0) is 31.1 Å². The van der Waals surface area contributed by atoms with Gasteiger partial charge < -0.3 is 10.4 Å². The molecule has 3 unspecified atom stereocenters. The van der Waals surface area contributed by atoms with E-state index in [0.29, 0.717) is 18.9 Å². The molecule has 0 radical (unpaired) electrons. The lowest BCUT2D eigenvalue weighted by Gasteiger charge is -2.30. The number of aliphatic hydroxyl groups is 1. The Morgan fingerprint density at radius 2 is 1.84 bits per heavy atom. The molecule has 5 nitrogen and oxygen atoms in total. The van der Waals surface area contributed by atoms with Crippen LogP contribution in [0.1, 0.15) is 32.1 Å². The largest absolute Gasteiger partial charge is 0.396 e. The number of carbonyl (C=O) groups is 1. The summed E-state index contributed by atoms with van der Waals surface area (Å²) in [6.45, 7) is 0.749. The van der Waals surface area contributed by atoms with Gasteiger partial charge in [0.05, 0.1) is 17.4 Å². The van der Waals surface area contributed by atoms with E-state index in [1.807, 2.05) is 0 Å². The molecular formula is C13H23NO4S. The zero-order chi connectivity index (χ0) is 13.9. The number of nitrogens with one attached hydrogen (secondary N) is 1. The molecule has 1 heterocycles. The summed E-state index contributed by atoms with van der Waals surface area (Å²) in [5.74, 6) is 0.229. The highest BCUT2D eigenvalue weighted by Crippen LogP contribution is 2.29. The fourth-order valence-corrected chi connectivity index (χ4v) is 4.91. The summed E-state index contributed by atoms with van der Waals surface area (Å²) < 4.78 is 22.7. The maximum atomic E-state index is 11.9. The molecule has 0 aromatic heterocycles. The van der Waals surface area contributed by atoms with E-state index in [4.69, 9.17) is 0 Å². The monoisotopic (exact) mass is 289 g/mol. The van der Waals surface area contributed by atoms with Crippen LogP contribution >= 0.6 is 0 Å². The zero-order valence-electron chi connectivity index (χ0n) is 11.2. The molecule has 0 aromatic carbocycles. The summed E-state index contributed by atoms with van der Waals surface area (Å²) >= 11 is 0. The van der Waals surface area contributed by atoms with Crippen LogP contribution in [0.4, 0.5) is 0 Å². The van der Waals surface area contributed by atoms with Crippen molar-refractivity contribution in [3.63, 3.8) is 0 Å². The maximum absolute atomic E-state index is 11.9. The number of carbonyl (C=O) groups excluding carboxylic acids is 1. The summed E-state index contributed by atoms with van der Waals surface area (Å²) in [6, 6.07) is 0. The van der Waals surface area contributed by atoms with Gasteiger partial charge in [0.15, 0.2) is 9.84 Å². The van der Waals surface area contributed by atoms with Gasteiger partial charge in [-0.2, -0.15) is 0 Å². The number of hydrogen-bond donors (Lipinski definition) is 2. The molecule has 2 rings (SSSR count). The lowest BCUT2D eigenvalue weighted by atomic mass is 9.79. The number of aliphatic hydroxyl groups excluding tert-OH is 1. The van der Waals surface area contributed by atoms with Crippen molar-refractivity contribution in [3.05, 3.63) is 0 Å². The Hall–Kier alpha value is -0.620. The number of sulfone groups is 1. The maximum Gasteiger partial charge on any atom is 0.224 e. The predicted molar refractivity (Wildman–Crippen MR) is 72.3 cm³/mol. The Balaban J connectivity index is 1.80. The predicted octanol–water partition coefficient (Wildman–Crippen LogP) is 0.336. The molecule has 0 aromatic rings. The van der Waals surface area contributed by atoms with Gasteiger partial charge in [-0.25, -0.2) is 8.42 Å². The second-order valence-electron chi connectivity index (χ2n) is 5.83. The van der Waals surface area contributed by atoms with Crippen molar-refractivity contribution in [2.24, 2.45) is 17.8 Å². The van der Waals surface area contributed by atoms with Gasteiger partial charge in [-0.15, -0.1) is 0 Å². The molecule has 2 N–H and O–H groups in total. The standard InChI is InChI=1S/C13H23NO4S/c15-8-11-4-2-1-3-10(11)7-14-13(16)12-5-6-19(17,18)9-12/h10-12,15H,1-9H2,(H,14,16). The van der Waals surface area contributed by atoms with Gasteiger partial charge in [0.25, 0.3) is 0 Å². The highest BCUT2D eigenvalue weighted by molar-refractivity contribution is 7.91. The van der Waals surface area contributed by atoms with E-state index in [1.54, 1.807) is 0 Å². The molecule has 0 bridgehead atoms. The van der Waals surface area contributed by atoms with Crippen LogP contribution in [-0.2, 0) is 14.6 Å². The SMILES string of the molecule is O=C(NCC1CCCCC1CO)C1CCS(=O)(=O)C1.